The maximum absolute atomic E-state index is 12.1. The zero-order valence-corrected chi connectivity index (χ0v) is 14.5. The van der Waals surface area contributed by atoms with Gasteiger partial charge in [-0.1, -0.05) is 30.3 Å². The summed E-state index contributed by atoms with van der Waals surface area (Å²) >= 11 is 0. The van der Waals surface area contributed by atoms with E-state index in [1.54, 1.807) is 6.92 Å². The van der Waals surface area contributed by atoms with E-state index in [2.05, 4.69) is 45.1 Å². The van der Waals surface area contributed by atoms with E-state index in [1.165, 1.54) is 5.56 Å². The average molecular weight is 348 g/mol. The van der Waals surface area contributed by atoms with Crippen LogP contribution in [0.2, 0.25) is 0 Å². The van der Waals surface area contributed by atoms with Gasteiger partial charge in [-0.2, -0.15) is 0 Å². The number of nitrogens with one attached hydrogen (secondary N) is 2. The quantitative estimate of drug-likeness (QED) is 0.731. The van der Waals surface area contributed by atoms with Crippen molar-refractivity contribution in [2.45, 2.75) is 19.3 Å². The maximum atomic E-state index is 12.1. The zero-order chi connectivity index (χ0) is 17.9. The van der Waals surface area contributed by atoms with Gasteiger partial charge in [-0.05, 0) is 48.1 Å². The minimum atomic E-state index is -0.190. The molecule has 1 fully saturated rings. The molecule has 1 heterocycles. The number of urea groups is 1. The van der Waals surface area contributed by atoms with Crippen molar-refractivity contribution < 1.29 is 9.21 Å². The summed E-state index contributed by atoms with van der Waals surface area (Å²) in [5.41, 5.74) is 2.89. The van der Waals surface area contributed by atoms with E-state index in [9.17, 15) is 4.79 Å². The third kappa shape index (κ3) is 3.74. The zero-order valence-electron chi connectivity index (χ0n) is 14.5. The molecule has 0 aliphatic heterocycles. The molecule has 0 spiro atoms. The Morgan fingerprint density at radius 1 is 1.12 bits per heavy atom. The molecular formula is C20H20N4O2. The number of hydrogen-bond acceptors (Lipinski definition) is 4. The molecule has 4 rings (SSSR count). The second-order valence-electron chi connectivity index (χ2n) is 6.55. The number of rotatable bonds is 5. The van der Waals surface area contributed by atoms with Gasteiger partial charge < -0.3 is 15.1 Å². The third-order valence-electron chi connectivity index (χ3n) is 4.59. The molecule has 132 valence electrons. The lowest BCUT2D eigenvalue weighted by molar-refractivity contribution is 0.251. The van der Waals surface area contributed by atoms with Crippen LogP contribution in [-0.4, -0.2) is 22.8 Å². The van der Waals surface area contributed by atoms with E-state index in [1.807, 2.05) is 30.3 Å². The van der Waals surface area contributed by atoms with Crippen LogP contribution in [0.4, 0.5) is 10.5 Å². The van der Waals surface area contributed by atoms with Crippen LogP contribution in [0.15, 0.2) is 59.0 Å². The van der Waals surface area contributed by atoms with Crippen molar-refractivity contribution in [3.63, 3.8) is 0 Å². The van der Waals surface area contributed by atoms with Crippen molar-refractivity contribution >= 4 is 11.7 Å². The summed E-state index contributed by atoms with van der Waals surface area (Å²) in [7, 11) is 0. The first kappa shape index (κ1) is 16.3. The Morgan fingerprint density at radius 2 is 1.88 bits per heavy atom. The summed E-state index contributed by atoms with van der Waals surface area (Å²) in [5, 5.41) is 13.6. The van der Waals surface area contributed by atoms with Crippen LogP contribution in [0.1, 0.15) is 23.8 Å². The lowest BCUT2D eigenvalue weighted by atomic mass is 10.1. The summed E-state index contributed by atoms with van der Waals surface area (Å²) in [6, 6.07) is 17.6. The van der Waals surface area contributed by atoms with E-state index in [0.29, 0.717) is 30.2 Å². The molecule has 0 saturated heterocycles. The van der Waals surface area contributed by atoms with Crippen LogP contribution in [-0.2, 0) is 0 Å². The standard InChI is InChI=1S/C20H20N4O2/c1-13-23-24-19(26-13)15-7-9-17(10-8-15)22-20(25)21-12-16-11-18(16)14-5-3-2-4-6-14/h2-10,16,18H,11-12H2,1H3,(H2,21,22,25)/t16-,18-/m1/s1. The summed E-state index contributed by atoms with van der Waals surface area (Å²) in [4.78, 5) is 12.1. The van der Waals surface area contributed by atoms with E-state index >= 15 is 0 Å². The maximum Gasteiger partial charge on any atom is 0.319 e. The molecule has 6 nitrogen and oxygen atoms in total. The normalized spacial score (nSPS) is 18.3. The Labute approximate surface area is 151 Å². The number of benzene rings is 2. The fourth-order valence-corrected chi connectivity index (χ4v) is 3.09. The molecule has 1 aliphatic rings. The molecule has 1 aromatic heterocycles. The predicted octanol–water partition coefficient (Wildman–Crippen LogP) is 3.97. The first-order valence-electron chi connectivity index (χ1n) is 8.69. The largest absolute Gasteiger partial charge is 0.421 e. The highest BCUT2D eigenvalue weighted by atomic mass is 16.4. The molecule has 0 radical (unpaired) electrons. The number of aryl methyl sites for hydroxylation is 1. The second-order valence-corrected chi connectivity index (χ2v) is 6.55. The van der Waals surface area contributed by atoms with Crippen LogP contribution in [0.5, 0.6) is 0 Å². The first-order valence-corrected chi connectivity index (χ1v) is 8.69. The van der Waals surface area contributed by atoms with Crippen LogP contribution in [0.25, 0.3) is 11.5 Å². The average Bonchev–Trinajstić information content (AvgIpc) is 3.33. The molecule has 2 amide bonds. The minimum Gasteiger partial charge on any atom is -0.421 e. The number of carbonyl (C=O) groups excluding carboxylic acids is 1. The number of hydrogen-bond donors (Lipinski definition) is 2. The Balaban J connectivity index is 1.26. The SMILES string of the molecule is Cc1nnc(-c2ccc(NC(=O)NC[C@H]3C[C@@H]3c3ccccc3)cc2)o1. The van der Waals surface area contributed by atoms with E-state index in [-0.39, 0.29) is 6.03 Å². The Hall–Kier alpha value is -3.15. The van der Waals surface area contributed by atoms with Gasteiger partial charge in [-0.3, -0.25) is 0 Å². The molecule has 2 atom stereocenters. The number of amides is 2. The smallest absolute Gasteiger partial charge is 0.319 e. The monoisotopic (exact) mass is 348 g/mol. The Morgan fingerprint density at radius 3 is 2.58 bits per heavy atom. The number of carbonyl (C=O) groups is 1. The van der Waals surface area contributed by atoms with Gasteiger partial charge >= 0.3 is 6.03 Å². The van der Waals surface area contributed by atoms with Gasteiger partial charge in [0.2, 0.25) is 11.8 Å². The summed E-state index contributed by atoms with van der Waals surface area (Å²) < 4.78 is 5.39. The summed E-state index contributed by atoms with van der Waals surface area (Å²) in [5.74, 6) is 2.08. The van der Waals surface area contributed by atoms with Gasteiger partial charge in [0.15, 0.2) is 0 Å². The highest BCUT2D eigenvalue weighted by Gasteiger charge is 2.37. The van der Waals surface area contributed by atoms with Gasteiger partial charge in [0, 0.05) is 24.7 Å². The second kappa shape index (κ2) is 7.00. The lowest BCUT2D eigenvalue weighted by Crippen LogP contribution is -2.30. The van der Waals surface area contributed by atoms with Gasteiger partial charge in [-0.25, -0.2) is 4.79 Å². The van der Waals surface area contributed by atoms with Crippen LogP contribution in [0, 0.1) is 12.8 Å². The van der Waals surface area contributed by atoms with Crippen LogP contribution < -0.4 is 10.6 Å². The molecule has 2 N–H and O–H groups in total. The minimum absolute atomic E-state index is 0.190. The summed E-state index contributed by atoms with van der Waals surface area (Å²) in [6.07, 6.45) is 1.13. The van der Waals surface area contributed by atoms with E-state index < -0.39 is 0 Å². The molecule has 0 bridgehead atoms. The van der Waals surface area contributed by atoms with Crippen LogP contribution in [0.3, 0.4) is 0 Å². The highest BCUT2D eigenvalue weighted by molar-refractivity contribution is 5.89. The van der Waals surface area contributed by atoms with Crippen molar-refractivity contribution in [1.82, 2.24) is 15.5 Å². The van der Waals surface area contributed by atoms with Gasteiger partial charge in [0.05, 0.1) is 0 Å². The van der Waals surface area contributed by atoms with Crippen molar-refractivity contribution in [2.24, 2.45) is 5.92 Å². The van der Waals surface area contributed by atoms with Gasteiger partial charge in [0.1, 0.15) is 0 Å². The molecular weight excluding hydrogens is 328 g/mol. The molecule has 2 aromatic carbocycles. The van der Waals surface area contributed by atoms with Crippen molar-refractivity contribution in [3.8, 4) is 11.5 Å². The Kier molecular flexibility index (Phi) is 4.39. The van der Waals surface area contributed by atoms with E-state index in [0.717, 1.165) is 17.7 Å². The molecule has 6 heteroatoms. The Bertz CT molecular complexity index is 890. The van der Waals surface area contributed by atoms with Gasteiger partial charge in [-0.15, -0.1) is 10.2 Å². The van der Waals surface area contributed by atoms with Crippen molar-refractivity contribution in [1.29, 1.82) is 0 Å². The molecule has 1 saturated carbocycles. The number of anilines is 1. The molecule has 0 unspecified atom stereocenters. The number of aromatic nitrogens is 2. The fourth-order valence-electron chi connectivity index (χ4n) is 3.09. The topological polar surface area (TPSA) is 80.0 Å². The number of nitrogens with zero attached hydrogens (tertiary/aromatic N) is 2. The molecule has 1 aliphatic carbocycles. The summed E-state index contributed by atoms with van der Waals surface area (Å²) in [6.45, 7) is 2.43. The van der Waals surface area contributed by atoms with Crippen molar-refractivity contribution in [3.05, 3.63) is 66.1 Å². The first-order chi connectivity index (χ1) is 12.7. The lowest BCUT2D eigenvalue weighted by Gasteiger charge is -2.08. The predicted molar refractivity (Wildman–Crippen MR) is 98.8 cm³/mol. The molecule has 26 heavy (non-hydrogen) atoms. The third-order valence-corrected chi connectivity index (χ3v) is 4.59. The fraction of sp³-hybridized carbons (Fsp3) is 0.250. The molecule has 3 aromatic rings. The highest BCUT2D eigenvalue weighted by Crippen LogP contribution is 2.46. The van der Waals surface area contributed by atoms with E-state index in [4.69, 9.17) is 4.42 Å². The van der Waals surface area contributed by atoms with Crippen molar-refractivity contribution in [2.75, 3.05) is 11.9 Å². The van der Waals surface area contributed by atoms with Gasteiger partial charge in [0.25, 0.3) is 0 Å². The van der Waals surface area contributed by atoms with Crippen LogP contribution >= 0.6 is 0 Å².